The van der Waals surface area contributed by atoms with Crippen molar-refractivity contribution < 1.29 is 4.21 Å². The minimum absolute atomic E-state index is 0.307. The third kappa shape index (κ3) is 3.29. The van der Waals surface area contributed by atoms with E-state index in [0.29, 0.717) is 29.2 Å². The smallest absolute Gasteiger partial charge is 0.191 e. The van der Waals surface area contributed by atoms with E-state index in [1.807, 2.05) is 0 Å². The van der Waals surface area contributed by atoms with E-state index >= 15 is 0 Å². The molecule has 0 spiro atoms. The summed E-state index contributed by atoms with van der Waals surface area (Å²) in [4.78, 5) is 0. The molecule has 0 aliphatic rings. The van der Waals surface area contributed by atoms with Gasteiger partial charge >= 0.3 is 0 Å². The highest BCUT2D eigenvalue weighted by atomic mass is 32.1. The summed E-state index contributed by atoms with van der Waals surface area (Å²) in [7, 11) is 0. The van der Waals surface area contributed by atoms with E-state index in [9.17, 15) is 4.21 Å². The van der Waals surface area contributed by atoms with E-state index in [2.05, 4.69) is 58.0 Å². The Bertz CT molecular complexity index is 442. The molecule has 0 saturated heterocycles. The van der Waals surface area contributed by atoms with E-state index in [1.54, 1.807) is 0 Å². The van der Waals surface area contributed by atoms with Crippen LogP contribution in [-0.4, -0.2) is 4.21 Å². The minimum atomic E-state index is 0.307. The summed E-state index contributed by atoms with van der Waals surface area (Å²) in [5.41, 5.74) is 4.60. The SMILES string of the molecule is CC(C)c1cc(C(C)C)c(N=S=O)c(C(C)C)c1. The van der Waals surface area contributed by atoms with Crippen LogP contribution in [0.25, 0.3) is 0 Å². The van der Waals surface area contributed by atoms with E-state index in [1.165, 1.54) is 16.7 Å². The van der Waals surface area contributed by atoms with Crippen molar-refractivity contribution in [3.63, 3.8) is 0 Å². The molecule has 0 aliphatic carbocycles. The van der Waals surface area contributed by atoms with E-state index in [0.717, 1.165) is 5.69 Å². The monoisotopic (exact) mass is 265 g/mol. The molecule has 1 rings (SSSR count). The molecule has 0 aromatic heterocycles. The molecule has 0 unspecified atom stereocenters. The van der Waals surface area contributed by atoms with Crippen LogP contribution in [0.5, 0.6) is 0 Å². The van der Waals surface area contributed by atoms with Crippen molar-refractivity contribution in [3.8, 4) is 0 Å². The van der Waals surface area contributed by atoms with Crippen molar-refractivity contribution in [2.75, 3.05) is 0 Å². The van der Waals surface area contributed by atoms with Crippen molar-refractivity contribution in [2.45, 2.75) is 59.3 Å². The second-order valence-electron chi connectivity index (χ2n) is 5.68. The van der Waals surface area contributed by atoms with Crippen molar-refractivity contribution in [3.05, 3.63) is 28.8 Å². The zero-order chi connectivity index (χ0) is 13.9. The second-order valence-corrected chi connectivity index (χ2v) is 6.01. The molecule has 0 heterocycles. The molecule has 18 heavy (non-hydrogen) atoms. The number of nitrogens with zero attached hydrogens (tertiary/aromatic N) is 1. The van der Waals surface area contributed by atoms with Crippen LogP contribution < -0.4 is 0 Å². The maximum Gasteiger partial charge on any atom is 0.205 e. The summed E-state index contributed by atoms with van der Waals surface area (Å²) in [6.45, 7) is 13.0. The molecule has 2 nitrogen and oxygen atoms in total. The molecule has 0 N–H and O–H groups in total. The van der Waals surface area contributed by atoms with Crippen LogP contribution in [0.4, 0.5) is 5.69 Å². The Morgan fingerprint density at radius 3 is 1.61 bits per heavy atom. The lowest BCUT2D eigenvalue weighted by Crippen LogP contribution is -2.00. The molecule has 1 aromatic carbocycles. The molecular weight excluding hydrogens is 242 g/mol. The van der Waals surface area contributed by atoms with Crippen LogP contribution in [0.1, 0.15) is 76.0 Å². The standard InChI is InChI=1S/C15H23NOS/c1-9(2)12-7-13(10(3)4)15(16-18-17)14(8-12)11(5)6/h7-11H,1-6H3. The van der Waals surface area contributed by atoms with Crippen LogP contribution in [0.3, 0.4) is 0 Å². The predicted molar refractivity (Wildman–Crippen MR) is 78.9 cm³/mol. The van der Waals surface area contributed by atoms with Crippen molar-refractivity contribution in [2.24, 2.45) is 4.36 Å². The maximum absolute atomic E-state index is 10.8. The first-order valence-corrected chi connectivity index (χ1v) is 7.26. The van der Waals surface area contributed by atoms with E-state index < -0.39 is 0 Å². The Kier molecular flexibility index (Phi) is 5.27. The first-order chi connectivity index (χ1) is 8.38. The maximum atomic E-state index is 10.8. The molecule has 1 aromatic rings. The third-order valence-electron chi connectivity index (χ3n) is 3.23. The molecular formula is C15H23NOS. The first-order valence-electron chi connectivity index (χ1n) is 6.56. The van der Waals surface area contributed by atoms with Crippen LogP contribution in [0.2, 0.25) is 0 Å². The molecule has 0 atom stereocenters. The fourth-order valence-corrected chi connectivity index (χ4v) is 2.35. The predicted octanol–water partition coefficient (Wildman–Crippen LogP) is 5.08. The fourth-order valence-electron chi connectivity index (χ4n) is 2.06. The zero-order valence-corrected chi connectivity index (χ0v) is 13.0. The number of hydrogen-bond acceptors (Lipinski definition) is 2. The molecule has 0 aliphatic heterocycles. The van der Waals surface area contributed by atoms with Gasteiger partial charge in [-0.05, 0) is 34.4 Å². The number of benzene rings is 1. The van der Waals surface area contributed by atoms with Crippen molar-refractivity contribution in [1.29, 1.82) is 0 Å². The molecule has 0 amide bonds. The van der Waals surface area contributed by atoms with Gasteiger partial charge in [0.25, 0.3) is 0 Å². The Labute approximate surface area is 114 Å². The Morgan fingerprint density at radius 2 is 1.33 bits per heavy atom. The largest absolute Gasteiger partial charge is 0.205 e. The van der Waals surface area contributed by atoms with Crippen molar-refractivity contribution in [1.82, 2.24) is 0 Å². The summed E-state index contributed by atoms with van der Waals surface area (Å²) in [5, 5.41) is 0. The van der Waals surface area contributed by atoms with Gasteiger partial charge in [0.1, 0.15) is 0 Å². The summed E-state index contributed by atoms with van der Waals surface area (Å²) in [6.07, 6.45) is 0. The van der Waals surface area contributed by atoms with Crippen molar-refractivity contribution >= 4 is 17.2 Å². The molecule has 0 saturated carbocycles. The van der Waals surface area contributed by atoms with Gasteiger partial charge in [-0.3, -0.25) is 0 Å². The van der Waals surface area contributed by atoms with Gasteiger partial charge < -0.3 is 0 Å². The molecule has 0 radical (unpaired) electrons. The molecule has 0 fully saturated rings. The third-order valence-corrected chi connectivity index (χ3v) is 3.49. The lowest BCUT2D eigenvalue weighted by atomic mass is 9.88. The number of hydrogen-bond donors (Lipinski definition) is 0. The average molecular weight is 265 g/mol. The van der Waals surface area contributed by atoms with Gasteiger partial charge in [0.05, 0.1) is 5.69 Å². The topological polar surface area (TPSA) is 29.4 Å². The second kappa shape index (κ2) is 6.28. The summed E-state index contributed by atoms with van der Waals surface area (Å²) in [6, 6.07) is 4.41. The van der Waals surface area contributed by atoms with Gasteiger partial charge in [-0.15, -0.1) is 0 Å². The molecule has 3 heteroatoms. The number of rotatable bonds is 4. The van der Waals surface area contributed by atoms with Gasteiger partial charge in [-0.25, -0.2) is 0 Å². The normalized spacial score (nSPS) is 11.4. The van der Waals surface area contributed by atoms with Gasteiger partial charge in [0.2, 0.25) is 11.5 Å². The van der Waals surface area contributed by atoms with Gasteiger partial charge in [0, 0.05) is 0 Å². The molecule has 0 bridgehead atoms. The Morgan fingerprint density at radius 1 is 0.889 bits per heavy atom. The van der Waals surface area contributed by atoms with Gasteiger partial charge in [0.15, 0.2) is 0 Å². The zero-order valence-electron chi connectivity index (χ0n) is 12.2. The summed E-state index contributed by atoms with van der Waals surface area (Å²) < 4.78 is 14.9. The highest BCUT2D eigenvalue weighted by molar-refractivity contribution is 7.54. The van der Waals surface area contributed by atoms with Crippen LogP contribution in [0, 0.1) is 0 Å². The quantitative estimate of drug-likeness (QED) is 0.746. The lowest BCUT2D eigenvalue weighted by molar-refractivity contribution is 0.698. The highest BCUT2D eigenvalue weighted by Gasteiger charge is 2.16. The minimum Gasteiger partial charge on any atom is -0.191 e. The molecule has 100 valence electrons. The van der Waals surface area contributed by atoms with E-state index in [-0.39, 0.29) is 0 Å². The van der Waals surface area contributed by atoms with Crippen LogP contribution in [-0.2, 0) is 11.5 Å². The Hall–Kier alpha value is -0.960. The summed E-state index contributed by atoms with van der Waals surface area (Å²) in [5.74, 6) is 1.26. The Balaban J connectivity index is 3.59. The van der Waals surface area contributed by atoms with Crippen LogP contribution in [0.15, 0.2) is 16.5 Å². The van der Waals surface area contributed by atoms with Crippen LogP contribution >= 0.6 is 0 Å². The average Bonchev–Trinajstić information content (AvgIpc) is 2.28. The van der Waals surface area contributed by atoms with Gasteiger partial charge in [-0.2, -0.15) is 8.57 Å². The van der Waals surface area contributed by atoms with E-state index in [4.69, 9.17) is 0 Å². The highest BCUT2D eigenvalue weighted by Crippen LogP contribution is 2.37. The lowest BCUT2D eigenvalue weighted by Gasteiger charge is -2.19. The summed E-state index contributed by atoms with van der Waals surface area (Å²) >= 11 is 0.307. The first kappa shape index (κ1) is 15.1. The van der Waals surface area contributed by atoms with Gasteiger partial charge in [-0.1, -0.05) is 53.7 Å². The fraction of sp³-hybridized carbons (Fsp3) is 0.600.